The molecule has 27 heavy (non-hydrogen) atoms. The van der Waals surface area contributed by atoms with E-state index in [4.69, 9.17) is 0 Å². The van der Waals surface area contributed by atoms with Gasteiger partial charge in [-0.3, -0.25) is 10.4 Å². The predicted octanol–water partition coefficient (Wildman–Crippen LogP) is 7.00. The third-order valence-corrected chi connectivity index (χ3v) is 8.95. The van der Waals surface area contributed by atoms with Crippen LogP contribution in [0.4, 0.5) is 5.69 Å². The summed E-state index contributed by atoms with van der Waals surface area (Å²) in [5, 5.41) is 10.8. The van der Waals surface area contributed by atoms with Gasteiger partial charge in [-0.2, -0.15) is 5.10 Å². The minimum Gasteiger partial charge on any atom is -0.278 e. The van der Waals surface area contributed by atoms with Gasteiger partial charge in [0.2, 0.25) is 0 Å². The maximum Gasteiger partial charge on any atom is 0.0830 e. The van der Waals surface area contributed by atoms with Crippen molar-refractivity contribution in [1.82, 2.24) is 4.98 Å². The molecule has 0 radical (unpaired) electrons. The summed E-state index contributed by atoms with van der Waals surface area (Å²) in [6.07, 6.45) is 3.66. The topological polar surface area (TPSA) is 37.3 Å². The zero-order valence-corrected chi connectivity index (χ0v) is 18.1. The highest BCUT2D eigenvalue weighted by molar-refractivity contribution is 8.35. The smallest absolute Gasteiger partial charge is 0.0830 e. The molecule has 3 nitrogen and oxygen atoms in total. The Morgan fingerprint density at radius 2 is 1.85 bits per heavy atom. The van der Waals surface area contributed by atoms with Gasteiger partial charge >= 0.3 is 0 Å². The number of thioether (sulfide) groups is 4. The van der Waals surface area contributed by atoms with Crippen LogP contribution in [0.2, 0.25) is 0 Å². The molecule has 2 aliphatic rings. The highest BCUT2D eigenvalue weighted by atomic mass is 32.2. The quantitative estimate of drug-likeness (QED) is 0.418. The molecule has 4 rings (SSSR count). The minimum atomic E-state index is 0.831. The molecule has 0 bridgehead atoms. The minimum absolute atomic E-state index is 0.831. The first-order valence-corrected chi connectivity index (χ1v) is 11.7. The van der Waals surface area contributed by atoms with Crippen LogP contribution in [0.25, 0.3) is 4.91 Å². The van der Waals surface area contributed by atoms with Gasteiger partial charge in [0.15, 0.2) is 0 Å². The summed E-state index contributed by atoms with van der Waals surface area (Å²) in [6, 6.07) is 10.4. The van der Waals surface area contributed by atoms with Crippen LogP contribution >= 0.6 is 47.0 Å². The van der Waals surface area contributed by atoms with E-state index in [0.717, 1.165) is 16.9 Å². The number of hydrazone groups is 1. The average molecular weight is 428 g/mol. The molecule has 0 amide bonds. The fourth-order valence-electron chi connectivity index (χ4n) is 2.51. The molecular weight excluding hydrogens is 411 g/mol. The fourth-order valence-corrected chi connectivity index (χ4v) is 6.98. The zero-order valence-electron chi connectivity index (χ0n) is 14.8. The van der Waals surface area contributed by atoms with Crippen molar-refractivity contribution in [3.05, 3.63) is 83.6 Å². The SMILES string of the molecule is Cc1ccc(N/N=C/c2ccc(C3=CSC(=C4SC=CS4)S3)cn2)c(C)c1. The average Bonchev–Trinajstić information content (AvgIpc) is 3.35. The molecule has 2 aliphatic heterocycles. The van der Waals surface area contributed by atoms with Crippen LogP contribution in [0, 0.1) is 13.8 Å². The van der Waals surface area contributed by atoms with Gasteiger partial charge in [0.25, 0.3) is 0 Å². The molecular formula is C20H17N3S4. The fraction of sp³-hybridized carbons (Fsp3) is 0.100. The Labute approximate surface area is 176 Å². The Morgan fingerprint density at radius 3 is 2.59 bits per heavy atom. The lowest BCUT2D eigenvalue weighted by Gasteiger charge is -2.05. The van der Waals surface area contributed by atoms with E-state index in [1.807, 2.05) is 30.1 Å². The van der Waals surface area contributed by atoms with E-state index in [0.29, 0.717) is 0 Å². The second-order valence-electron chi connectivity index (χ2n) is 5.94. The Bertz CT molecular complexity index is 965. The van der Waals surface area contributed by atoms with Crippen LogP contribution < -0.4 is 5.43 Å². The van der Waals surface area contributed by atoms with Crippen LogP contribution in [0.5, 0.6) is 0 Å². The van der Waals surface area contributed by atoms with E-state index in [1.54, 1.807) is 41.5 Å². The summed E-state index contributed by atoms with van der Waals surface area (Å²) in [5.41, 5.74) is 8.50. The van der Waals surface area contributed by atoms with Crippen LogP contribution in [-0.4, -0.2) is 11.2 Å². The van der Waals surface area contributed by atoms with E-state index in [2.05, 4.69) is 63.8 Å². The molecule has 0 spiro atoms. The zero-order chi connectivity index (χ0) is 18.6. The van der Waals surface area contributed by atoms with E-state index >= 15 is 0 Å². The molecule has 0 saturated carbocycles. The Hall–Kier alpha value is -1.54. The van der Waals surface area contributed by atoms with Crippen molar-refractivity contribution in [1.29, 1.82) is 0 Å². The Balaban J connectivity index is 1.38. The molecule has 1 aromatic heterocycles. The normalized spacial score (nSPS) is 16.4. The molecule has 2 aromatic rings. The Kier molecular flexibility index (Phi) is 6.02. The first kappa shape index (κ1) is 18.8. The lowest BCUT2D eigenvalue weighted by molar-refractivity contribution is 1.26. The van der Waals surface area contributed by atoms with Crippen LogP contribution in [0.15, 0.2) is 66.3 Å². The van der Waals surface area contributed by atoms with Crippen LogP contribution in [0.3, 0.4) is 0 Å². The van der Waals surface area contributed by atoms with Crippen molar-refractivity contribution < 1.29 is 0 Å². The van der Waals surface area contributed by atoms with Crippen molar-refractivity contribution in [3.63, 3.8) is 0 Å². The van der Waals surface area contributed by atoms with E-state index in [1.165, 1.54) is 24.5 Å². The summed E-state index contributed by atoms with van der Waals surface area (Å²) in [5.74, 6) is 0. The maximum atomic E-state index is 4.52. The van der Waals surface area contributed by atoms with Gasteiger partial charge in [-0.15, -0.1) is 0 Å². The second-order valence-corrected chi connectivity index (χ2v) is 10.2. The first-order valence-electron chi connectivity index (χ1n) is 8.29. The number of pyridine rings is 1. The predicted molar refractivity (Wildman–Crippen MR) is 126 cm³/mol. The molecule has 1 N–H and O–H groups in total. The molecule has 0 atom stereocenters. The third-order valence-electron chi connectivity index (χ3n) is 3.88. The molecule has 136 valence electrons. The highest BCUT2D eigenvalue weighted by Crippen LogP contribution is 2.55. The number of nitrogens with zero attached hydrogens (tertiary/aromatic N) is 2. The first-order chi connectivity index (χ1) is 13.2. The molecule has 0 aliphatic carbocycles. The summed E-state index contributed by atoms with van der Waals surface area (Å²) >= 11 is 7.21. The van der Waals surface area contributed by atoms with Crippen molar-refractivity contribution in [2.45, 2.75) is 13.8 Å². The van der Waals surface area contributed by atoms with Gasteiger partial charge in [0.05, 0.1) is 26.1 Å². The number of aryl methyl sites for hydroxylation is 2. The van der Waals surface area contributed by atoms with Gasteiger partial charge in [-0.1, -0.05) is 70.8 Å². The molecule has 0 unspecified atom stereocenters. The standard InChI is InChI=1S/C20H17N3S4/c1-13-3-6-17(14(2)9-13)23-22-11-16-5-4-15(10-21-16)18-12-26-20(27-18)19-24-7-8-25-19/h3-12,23H,1-2H3/b22-11+. The van der Waals surface area contributed by atoms with Crippen molar-refractivity contribution in [2.75, 3.05) is 5.43 Å². The van der Waals surface area contributed by atoms with Crippen LogP contribution in [-0.2, 0) is 0 Å². The lowest BCUT2D eigenvalue weighted by atomic mass is 10.1. The van der Waals surface area contributed by atoms with Gasteiger partial charge in [-0.05, 0) is 47.8 Å². The van der Waals surface area contributed by atoms with Crippen molar-refractivity contribution in [3.8, 4) is 0 Å². The van der Waals surface area contributed by atoms with E-state index < -0.39 is 0 Å². The molecule has 1 aromatic carbocycles. The van der Waals surface area contributed by atoms with Gasteiger partial charge in [0.1, 0.15) is 0 Å². The van der Waals surface area contributed by atoms with Crippen molar-refractivity contribution >= 4 is 63.9 Å². The summed E-state index contributed by atoms with van der Waals surface area (Å²) in [4.78, 5) is 5.77. The molecule has 3 heterocycles. The number of anilines is 1. The number of hydrogen-bond donors (Lipinski definition) is 1. The lowest BCUT2D eigenvalue weighted by Crippen LogP contribution is -1.95. The molecule has 0 saturated heterocycles. The number of nitrogens with one attached hydrogen (secondary N) is 1. The number of aromatic nitrogens is 1. The second kappa shape index (κ2) is 8.65. The van der Waals surface area contributed by atoms with Gasteiger partial charge < -0.3 is 0 Å². The number of benzene rings is 1. The Morgan fingerprint density at radius 1 is 1.00 bits per heavy atom. The van der Waals surface area contributed by atoms with E-state index in [9.17, 15) is 0 Å². The van der Waals surface area contributed by atoms with E-state index in [-0.39, 0.29) is 0 Å². The molecule has 7 heteroatoms. The summed E-state index contributed by atoms with van der Waals surface area (Å²) in [6.45, 7) is 4.16. The van der Waals surface area contributed by atoms with Gasteiger partial charge in [-0.25, -0.2) is 0 Å². The number of rotatable bonds is 4. The maximum absolute atomic E-state index is 4.52. The largest absolute Gasteiger partial charge is 0.278 e. The molecule has 0 fully saturated rings. The monoisotopic (exact) mass is 427 g/mol. The summed E-state index contributed by atoms with van der Waals surface area (Å²) in [7, 11) is 0. The van der Waals surface area contributed by atoms with Gasteiger partial charge in [0, 0.05) is 16.7 Å². The number of hydrogen-bond acceptors (Lipinski definition) is 7. The summed E-state index contributed by atoms with van der Waals surface area (Å²) < 4.78 is 2.72. The third kappa shape index (κ3) is 4.66. The van der Waals surface area contributed by atoms with Crippen molar-refractivity contribution in [2.24, 2.45) is 5.10 Å². The van der Waals surface area contributed by atoms with Crippen LogP contribution in [0.1, 0.15) is 22.4 Å². The highest BCUT2D eigenvalue weighted by Gasteiger charge is 2.19.